The van der Waals surface area contributed by atoms with E-state index in [0.717, 1.165) is 16.8 Å². The average Bonchev–Trinajstić information content (AvgIpc) is 2.64. The van der Waals surface area contributed by atoms with E-state index in [1.807, 2.05) is 38.1 Å². The van der Waals surface area contributed by atoms with Gasteiger partial charge < -0.3 is 16.0 Å². The van der Waals surface area contributed by atoms with Gasteiger partial charge in [0.2, 0.25) is 11.9 Å². The Labute approximate surface area is 169 Å². The van der Waals surface area contributed by atoms with Gasteiger partial charge in [-0.2, -0.15) is 0 Å². The molecule has 3 rings (SSSR count). The van der Waals surface area contributed by atoms with E-state index in [4.69, 9.17) is 0 Å². The van der Waals surface area contributed by atoms with Crippen LogP contribution in [0.4, 0.5) is 23.0 Å². The average molecular weight is 389 g/mol. The third-order valence-electron chi connectivity index (χ3n) is 4.38. The lowest BCUT2D eigenvalue weighted by Gasteiger charge is -2.12. The minimum atomic E-state index is -0.306. The number of carbonyl (C=O) groups excluding carboxylic acids is 2. The van der Waals surface area contributed by atoms with E-state index in [0.29, 0.717) is 23.0 Å². The fourth-order valence-electron chi connectivity index (χ4n) is 2.82. The van der Waals surface area contributed by atoms with E-state index in [9.17, 15) is 9.59 Å². The van der Waals surface area contributed by atoms with Crippen LogP contribution in [-0.2, 0) is 4.79 Å². The maximum absolute atomic E-state index is 12.7. The van der Waals surface area contributed by atoms with E-state index in [-0.39, 0.29) is 17.5 Å². The largest absolute Gasteiger partial charge is 0.326 e. The maximum atomic E-state index is 12.7. The van der Waals surface area contributed by atoms with Crippen LogP contribution in [0.15, 0.2) is 48.5 Å². The number of aryl methyl sites for hydroxylation is 2. The zero-order valence-electron chi connectivity index (χ0n) is 16.8. The van der Waals surface area contributed by atoms with Crippen LogP contribution in [0.3, 0.4) is 0 Å². The van der Waals surface area contributed by atoms with Gasteiger partial charge >= 0.3 is 0 Å². The number of anilines is 4. The monoisotopic (exact) mass is 389 g/mol. The Balaban J connectivity index is 1.82. The van der Waals surface area contributed by atoms with Crippen LogP contribution in [0.2, 0.25) is 0 Å². The molecule has 1 heterocycles. The quantitative estimate of drug-likeness (QED) is 0.603. The minimum Gasteiger partial charge on any atom is -0.326 e. The molecule has 0 aliphatic heterocycles. The first-order chi connectivity index (χ1) is 13.8. The molecule has 0 aliphatic rings. The van der Waals surface area contributed by atoms with E-state index in [1.165, 1.54) is 6.92 Å². The normalized spacial score (nSPS) is 10.3. The van der Waals surface area contributed by atoms with E-state index in [1.54, 1.807) is 31.2 Å². The number of carbonyl (C=O) groups is 2. The molecule has 7 heteroatoms. The Morgan fingerprint density at radius 2 is 1.59 bits per heavy atom. The molecule has 29 heavy (non-hydrogen) atoms. The number of nitrogens with one attached hydrogen (secondary N) is 3. The van der Waals surface area contributed by atoms with Crippen molar-refractivity contribution >= 4 is 34.8 Å². The lowest BCUT2D eigenvalue weighted by molar-refractivity contribution is -0.114. The molecule has 148 valence electrons. The summed E-state index contributed by atoms with van der Waals surface area (Å²) < 4.78 is 0. The number of hydrogen-bond donors (Lipinski definition) is 3. The summed E-state index contributed by atoms with van der Waals surface area (Å²) in [6.07, 6.45) is 0. The highest BCUT2D eigenvalue weighted by atomic mass is 16.2. The smallest absolute Gasteiger partial charge is 0.274 e. The summed E-state index contributed by atoms with van der Waals surface area (Å²) in [5, 5.41) is 8.72. The topological polar surface area (TPSA) is 96.0 Å². The van der Waals surface area contributed by atoms with E-state index >= 15 is 0 Å². The van der Waals surface area contributed by atoms with E-state index in [2.05, 4.69) is 25.9 Å². The number of rotatable bonds is 5. The molecule has 1 aromatic heterocycles. The van der Waals surface area contributed by atoms with Gasteiger partial charge in [0.25, 0.3) is 5.91 Å². The molecule has 0 saturated heterocycles. The molecular formula is C22H23N5O2. The van der Waals surface area contributed by atoms with Gasteiger partial charge in [-0.1, -0.05) is 18.2 Å². The second kappa shape index (κ2) is 8.52. The summed E-state index contributed by atoms with van der Waals surface area (Å²) in [6, 6.07) is 14.6. The summed E-state index contributed by atoms with van der Waals surface area (Å²) >= 11 is 0. The number of aromatic nitrogens is 2. The van der Waals surface area contributed by atoms with Gasteiger partial charge in [0, 0.05) is 29.7 Å². The van der Waals surface area contributed by atoms with Crippen LogP contribution in [0, 0.1) is 20.8 Å². The van der Waals surface area contributed by atoms with Crippen LogP contribution >= 0.6 is 0 Å². The van der Waals surface area contributed by atoms with Gasteiger partial charge in [0.05, 0.1) is 0 Å². The van der Waals surface area contributed by atoms with Gasteiger partial charge in [-0.3, -0.25) is 9.59 Å². The zero-order chi connectivity index (χ0) is 21.0. The molecule has 0 saturated carbocycles. The van der Waals surface area contributed by atoms with Gasteiger partial charge in [-0.15, -0.1) is 0 Å². The molecule has 7 nitrogen and oxygen atoms in total. The molecule has 0 unspecified atom stereocenters. The van der Waals surface area contributed by atoms with Crippen LogP contribution < -0.4 is 16.0 Å². The fourth-order valence-corrected chi connectivity index (χ4v) is 2.82. The number of nitrogens with zero attached hydrogens (tertiary/aromatic N) is 2. The minimum absolute atomic E-state index is 0.153. The molecular weight excluding hydrogens is 366 g/mol. The van der Waals surface area contributed by atoms with Crippen molar-refractivity contribution in [2.75, 3.05) is 16.0 Å². The summed E-state index contributed by atoms with van der Waals surface area (Å²) in [7, 11) is 0. The van der Waals surface area contributed by atoms with Crippen molar-refractivity contribution in [2.45, 2.75) is 27.7 Å². The molecule has 2 aromatic carbocycles. The second-order valence-corrected chi connectivity index (χ2v) is 6.81. The molecule has 3 N–H and O–H groups in total. The second-order valence-electron chi connectivity index (χ2n) is 6.81. The van der Waals surface area contributed by atoms with Crippen molar-refractivity contribution in [3.8, 4) is 0 Å². The zero-order valence-corrected chi connectivity index (χ0v) is 16.8. The molecule has 2 amide bonds. The van der Waals surface area contributed by atoms with Crippen molar-refractivity contribution in [1.82, 2.24) is 9.97 Å². The lowest BCUT2D eigenvalue weighted by atomic mass is 10.1. The SMILES string of the molecule is CC(=O)Nc1cccc(Nc2nc(C)cc(C(=O)Nc3cccc(C)c3C)n2)c1. The summed E-state index contributed by atoms with van der Waals surface area (Å²) in [5.74, 6) is -0.158. The molecule has 0 radical (unpaired) electrons. The number of hydrogen-bond acceptors (Lipinski definition) is 5. The third kappa shape index (κ3) is 5.16. The summed E-state index contributed by atoms with van der Waals surface area (Å²) in [4.78, 5) is 32.7. The highest BCUT2D eigenvalue weighted by molar-refractivity contribution is 6.03. The van der Waals surface area contributed by atoms with Gasteiger partial charge in [-0.05, 0) is 62.2 Å². The summed E-state index contributed by atoms with van der Waals surface area (Å²) in [5.41, 5.74) is 5.14. The Hall–Kier alpha value is -3.74. The predicted molar refractivity (Wildman–Crippen MR) is 115 cm³/mol. The van der Waals surface area contributed by atoms with Crippen molar-refractivity contribution < 1.29 is 9.59 Å². The molecule has 0 atom stereocenters. The Morgan fingerprint density at radius 3 is 2.34 bits per heavy atom. The van der Waals surface area contributed by atoms with Gasteiger partial charge in [0.1, 0.15) is 5.69 Å². The standard InChI is InChI=1S/C22H23N5O2/c1-13-7-5-10-19(15(13)3)26-21(29)20-11-14(2)23-22(27-20)25-18-9-6-8-17(12-18)24-16(4)28/h5-12H,1-4H3,(H,24,28)(H,26,29)(H,23,25,27). The molecule has 0 fully saturated rings. The molecule has 0 aliphatic carbocycles. The lowest BCUT2D eigenvalue weighted by Crippen LogP contribution is -2.16. The van der Waals surface area contributed by atoms with Gasteiger partial charge in [0.15, 0.2) is 0 Å². The first-order valence-electron chi connectivity index (χ1n) is 9.20. The predicted octanol–water partition coefficient (Wildman–Crippen LogP) is 4.36. The first-order valence-corrected chi connectivity index (χ1v) is 9.20. The fraction of sp³-hybridized carbons (Fsp3) is 0.182. The summed E-state index contributed by atoms with van der Waals surface area (Å²) in [6.45, 7) is 7.21. The van der Waals surface area contributed by atoms with Crippen molar-refractivity contribution in [2.24, 2.45) is 0 Å². The first kappa shape index (κ1) is 20.0. The Kier molecular flexibility index (Phi) is 5.87. The Bertz CT molecular complexity index is 1080. The van der Waals surface area contributed by atoms with Crippen LogP contribution in [-0.4, -0.2) is 21.8 Å². The number of amides is 2. The van der Waals surface area contributed by atoms with Crippen molar-refractivity contribution in [1.29, 1.82) is 0 Å². The third-order valence-corrected chi connectivity index (χ3v) is 4.38. The maximum Gasteiger partial charge on any atom is 0.274 e. The van der Waals surface area contributed by atoms with Crippen LogP contribution in [0.1, 0.15) is 34.2 Å². The van der Waals surface area contributed by atoms with E-state index < -0.39 is 0 Å². The van der Waals surface area contributed by atoms with Crippen LogP contribution in [0.5, 0.6) is 0 Å². The Morgan fingerprint density at radius 1 is 0.862 bits per heavy atom. The molecule has 0 spiro atoms. The molecule has 0 bridgehead atoms. The molecule has 3 aromatic rings. The van der Waals surface area contributed by atoms with Crippen molar-refractivity contribution in [3.05, 3.63) is 71.0 Å². The van der Waals surface area contributed by atoms with Crippen LogP contribution in [0.25, 0.3) is 0 Å². The highest BCUT2D eigenvalue weighted by Crippen LogP contribution is 2.21. The van der Waals surface area contributed by atoms with Crippen molar-refractivity contribution in [3.63, 3.8) is 0 Å². The highest BCUT2D eigenvalue weighted by Gasteiger charge is 2.13. The number of benzene rings is 2. The van der Waals surface area contributed by atoms with Gasteiger partial charge in [-0.25, -0.2) is 9.97 Å².